The molecule has 0 saturated heterocycles. The average Bonchev–Trinajstić information content (AvgIpc) is 2.71. The number of hydrogen-bond acceptors (Lipinski definition) is 2. The summed E-state index contributed by atoms with van der Waals surface area (Å²) in [5, 5.41) is 12.1. The van der Waals surface area contributed by atoms with Crippen LogP contribution in [-0.4, -0.2) is 11.2 Å². The maximum Gasteiger partial charge on any atom is 0.0591 e. The molecule has 0 aliphatic heterocycles. The monoisotopic (exact) mass is 224 g/mol. The van der Waals surface area contributed by atoms with Crippen molar-refractivity contribution in [2.75, 3.05) is 0 Å². The number of rotatable bonds is 4. The lowest BCUT2D eigenvalue weighted by atomic mass is 9.85. The van der Waals surface area contributed by atoms with Crippen molar-refractivity contribution < 1.29 is 5.11 Å². The van der Waals surface area contributed by atoms with E-state index in [-0.39, 0.29) is 6.10 Å². The summed E-state index contributed by atoms with van der Waals surface area (Å²) in [5.74, 6) is 0.786. The lowest BCUT2D eigenvalue weighted by molar-refractivity contribution is 0.131. The Kier molecular flexibility index (Phi) is 4.21. The Bertz CT molecular complexity index is 262. The number of hydrogen-bond donors (Lipinski definition) is 1. The number of aliphatic hydroxyl groups excluding tert-OH is 1. The summed E-state index contributed by atoms with van der Waals surface area (Å²) in [6.07, 6.45) is 8.56. The van der Waals surface area contributed by atoms with Crippen molar-refractivity contribution in [2.24, 2.45) is 5.92 Å². The first-order chi connectivity index (χ1) is 7.34. The van der Waals surface area contributed by atoms with Gasteiger partial charge in [-0.15, -0.1) is 11.3 Å². The highest BCUT2D eigenvalue weighted by Crippen LogP contribution is 2.28. The van der Waals surface area contributed by atoms with Gasteiger partial charge in [-0.1, -0.05) is 38.2 Å². The highest BCUT2D eigenvalue weighted by Gasteiger charge is 2.17. The summed E-state index contributed by atoms with van der Waals surface area (Å²) in [5.41, 5.74) is 0. The topological polar surface area (TPSA) is 20.2 Å². The molecule has 1 saturated carbocycles. The van der Waals surface area contributed by atoms with Gasteiger partial charge in [-0.05, 0) is 23.8 Å². The fraction of sp³-hybridized carbons (Fsp3) is 0.692. The van der Waals surface area contributed by atoms with Gasteiger partial charge in [-0.25, -0.2) is 0 Å². The molecule has 0 aromatic carbocycles. The summed E-state index contributed by atoms with van der Waals surface area (Å²) in [4.78, 5) is 1.32. The van der Waals surface area contributed by atoms with Gasteiger partial charge in [0.1, 0.15) is 0 Å². The molecule has 15 heavy (non-hydrogen) atoms. The Hall–Kier alpha value is -0.340. The zero-order valence-corrected chi connectivity index (χ0v) is 10.0. The SMILES string of the molecule is OC(Cc1cccs1)CC1CCCCC1. The molecule has 0 spiro atoms. The van der Waals surface area contributed by atoms with E-state index in [0.29, 0.717) is 0 Å². The molecule has 1 aromatic heterocycles. The predicted molar refractivity (Wildman–Crippen MR) is 65.2 cm³/mol. The van der Waals surface area contributed by atoms with E-state index in [1.54, 1.807) is 11.3 Å². The van der Waals surface area contributed by atoms with Crippen LogP contribution in [-0.2, 0) is 6.42 Å². The lowest BCUT2D eigenvalue weighted by Gasteiger charge is -2.23. The van der Waals surface area contributed by atoms with Gasteiger partial charge in [-0.3, -0.25) is 0 Å². The summed E-state index contributed by atoms with van der Waals surface area (Å²) in [6, 6.07) is 4.18. The van der Waals surface area contributed by atoms with E-state index in [9.17, 15) is 5.11 Å². The molecule has 2 heteroatoms. The van der Waals surface area contributed by atoms with Crippen LogP contribution in [0.5, 0.6) is 0 Å². The number of aliphatic hydroxyl groups is 1. The van der Waals surface area contributed by atoms with E-state index >= 15 is 0 Å². The van der Waals surface area contributed by atoms with Crippen molar-refractivity contribution in [1.29, 1.82) is 0 Å². The van der Waals surface area contributed by atoms with Gasteiger partial charge >= 0.3 is 0 Å². The minimum atomic E-state index is -0.119. The van der Waals surface area contributed by atoms with Crippen LogP contribution in [0.2, 0.25) is 0 Å². The number of thiophene rings is 1. The summed E-state index contributed by atoms with van der Waals surface area (Å²) >= 11 is 1.75. The van der Waals surface area contributed by atoms with Crippen molar-refractivity contribution in [1.82, 2.24) is 0 Å². The second-order valence-corrected chi connectivity index (χ2v) is 5.71. The molecule has 1 aliphatic rings. The fourth-order valence-electron chi connectivity index (χ4n) is 2.55. The van der Waals surface area contributed by atoms with E-state index in [1.807, 2.05) is 0 Å². The van der Waals surface area contributed by atoms with Crippen LogP contribution in [0.15, 0.2) is 17.5 Å². The normalized spacial score (nSPS) is 20.3. The molecular formula is C13H20OS. The Morgan fingerprint density at radius 2 is 2.13 bits per heavy atom. The lowest BCUT2D eigenvalue weighted by Crippen LogP contribution is -2.17. The van der Waals surface area contributed by atoms with Crippen LogP contribution in [0.3, 0.4) is 0 Å². The minimum absolute atomic E-state index is 0.119. The molecule has 0 bridgehead atoms. The first-order valence-electron chi connectivity index (χ1n) is 6.05. The Morgan fingerprint density at radius 1 is 1.33 bits per heavy atom. The third-order valence-corrected chi connectivity index (χ3v) is 4.25. The maximum atomic E-state index is 9.98. The highest BCUT2D eigenvalue weighted by atomic mass is 32.1. The van der Waals surface area contributed by atoms with E-state index in [0.717, 1.165) is 18.8 Å². The second-order valence-electron chi connectivity index (χ2n) is 4.68. The van der Waals surface area contributed by atoms with Crippen LogP contribution < -0.4 is 0 Å². The highest BCUT2D eigenvalue weighted by molar-refractivity contribution is 7.09. The van der Waals surface area contributed by atoms with Crippen molar-refractivity contribution in [2.45, 2.75) is 51.0 Å². The Labute approximate surface area is 96.1 Å². The first-order valence-corrected chi connectivity index (χ1v) is 6.93. The Morgan fingerprint density at radius 3 is 2.80 bits per heavy atom. The quantitative estimate of drug-likeness (QED) is 0.828. The fourth-order valence-corrected chi connectivity index (χ4v) is 3.33. The van der Waals surface area contributed by atoms with Crippen LogP contribution in [0, 0.1) is 5.92 Å². The van der Waals surface area contributed by atoms with E-state index in [1.165, 1.54) is 37.0 Å². The summed E-state index contributed by atoms with van der Waals surface area (Å²) < 4.78 is 0. The zero-order chi connectivity index (χ0) is 10.5. The van der Waals surface area contributed by atoms with Crippen LogP contribution in [0.4, 0.5) is 0 Å². The molecule has 0 amide bonds. The smallest absolute Gasteiger partial charge is 0.0591 e. The van der Waals surface area contributed by atoms with Crippen LogP contribution >= 0.6 is 11.3 Å². The summed E-state index contributed by atoms with van der Waals surface area (Å²) in [6.45, 7) is 0. The van der Waals surface area contributed by atoms with Gasteiger partial charge in [-0.2, -0.15) is 0 Å². The summed E-state index contributed by atoms with van der Waals surface area (Å²) in [7, 11) is 0. The molecule has 1 N–H and O–H groups in total. The zero-order valence-electron chi connectivity index (χ0n) is 9.19. The minimum Gasteiger partial charge on any atom is -0.393 e. The van der Waals surface area contributed by atoms with E-state index in [4.69, 9.17) is 0 Å². The average molecular weight is 224 g/mol. The van der Waals surface area contributed by atoms with Crippen molar-refractivity contribution in [3.05, 3.63) is 22.4 Å². The molecule has 2 rings (SSSR count). The van der Waals surface area contributed by atoms with Gasteiger partial charge < -0.3 is 5.11 Å². The molecule has 1 heterocycles. The molecule has 1 aliphatic carbocycles. The van der Waals surface area contributed by atoms with Crippen molar-refractivity contribution in [3.63, 3.8) is 0 Å². The second kappa shape index (κ2) is 5.66. The van der Waals surface area contributed by atoms with Gasteiger partial charge in [0.05, 0.1) is 6.10 Å². The molecular weight excluding hydrogens is 204 g/mol. The van der Waals surface area contributed by atoms with Gasteiger partial charge in [0, 0.05) is 11.3 Å². The van der Waals surface area contributed by atoms with E-state index < -0.39 is 0 Å². The largest absolute Gasteiger partial charge is 0.393 e. The molecule has 0 radical (unpaired) electrons. The molecule has 84 valence electrons. The van der Waals surface area contributed by atoms with E-state index in [2.05, 4.69) is 17.5 Å². The van der Waals surface area contributed by atoms with Crippen molar-refractivity contribution in [3.8, 4) is 0 Å². The van der Waals surface area contributed by atoms with Gasteiger partial charge in [0.2, 0.25) is 0 Å². The predicted octanol–water partition coefficient (Wildman–Crippen LogP) is 3.62. The Balaban J connectivity index is 1.74. The maximum absolute atomic E-state index is 9.98. The van der Waals surface area contributed by atoms with Gasteiger partial charge in [0.25, 0.3) is 0 Å². The third-order valence-electron chi connectivity index (χ3n) is 3.35. The first kappa shape index (κ1) is 11.2. The third kappa shape index (κ3) is 3.62. The molecule has 1 unspecified atom stereocenters. The molecule has 1 nitrogen and oxygen atoms in total. The van der Waals surface area contributed by atoms with Crippen molar-refractivity contribution >= 4 is 11.3 Å². The van der Waals surface area contributed by atoms with Crippen LogP contribution in [0.25, 0.3) is 0 Å². The standard InChI is InChI=1S/C13H20OS/c14-12(10-13-7-4-8-15-13)9-11-5-2-1-3-6-11/h4,7-8,11-12,14H,1-3,5-6,9-10H2. The molecule has 1 atom stereocenters. The molecule has 1 aromatic rings. The molecule has 1 fully saturated rings. The van der Waals surface area contributed by atoms with Gasteiger partial charge in [0.15, 0.2) is 0 Å². The van der Waals surface area contributed by atoms with Crippen LogP contribution in [0.1, 0.15) is 43.4 Å².